The average molecular weight is 422 g/mol. The van der Waals surface area contributed by atoms with Crippen LogP contribution < -0.4 is 10.1 Å². The molecule has 4 rings (SSSR count). The molecule has 2 aromatic rings. The minimum absolute atomic E-state index is 0.216. The molecule has 2 aliphatic heterocycles. The molecule has 0 spiro atoms. The van der Waals surface area contributed by atoms with Crippen LogP contribution in [0.3, 0.4) is 0 Å². The predicted octanol–water partition coefficient (Wildman–Crippen LogP) is 3.80. The summed E-state index contributed by atoms with van der Waals surface area (Å²) in [6.45, 7) is 7.53. The van der Waals surface area contributed by atoms with E-state index < -0.39 is 11.9 Å². The van der Waals surface area contributed by atoms with Crippen molar-refractivity contribution in [3.63, 3.8) is 0 Å². The molecule has 8 heteroatoms. The lowest BCUT2D eigenvalue weighted by molar-refractivity contribution is -0.0136. The molecular weight excluding hydrogens is 397 g/mol. The molecule has 156 valence electrons. The molecule has 3 heterocycles. The highest BCUT2D eigenvalue weighted by Gasteiger charge is 2.41. The number of anilines is 1. The van der Waals surface area contributed by atoms with Crippen LogP contribution in [0.2, 0.25) is 5.02 Å². The summed E-state index contributed by atoms with van der Waals surface area (Å²) in [7, 11) is 0. The Bertz CT molecular complexity index is 926. The third-order valence-electron chi connectivity index (χ3n) is 6.11. The Morgan fingerprint density at radius 2 is 2.17 bits per heavy atom. The van der Waals surface area contributed by atoms with Gasteiger partial charge in [-0.1, -0.05) is 32.4 Å². The van der Waals surface area contributed by atoms with Crippen LogP contribution in [0.15, 0.2) is 18.3 Å². The van der Waals surface area contributed by atoms with Crippen molar-refractivity contribution in [1.29, 1.82) is 0 Å². The summed E-state index contributed by atoms with van der Waals surface area (Å²) in [6, 6.07) is 3.09. The van der Waals surface area contributed by atoms with Crippen LogP contribution in [0.5, 0.6) is 5.75 Å². The first-order chi connectivity index (χ1) is 13.8. The first-order valence-corrected chi connectivity index (χ1v) is 10.2. The maximum atomic E-state index is 14.8. The number of fused-ring (bicyclic) bond motifs is 1. The number of benzene rings is 1. The van der Waals surface area contributed by atoms with Crippen LogP contribution in [0.4, 0.5) is 10.3 Å². The Morgan fingerprint density at radius 1 is 1.38 bits per heavy atom. The Balaban J connectivity index is 1.71. The zero-order valence-electron chi connectivity index (χ0n) is 16.7. The Kier molecular flexibility index (Phi) is 5.40. The average Bonchev–Trinajstić information content (AvgIpc) is 3.04. The number of nitrogens with one attached hydrogen (secondary N) is 1. The van der Waals surface area contributed by atoms with Crippen molar-refractivity contribution in [3.05, 3.63) is 34.7 Å². The molecule has 1 aromatic heterocycles. The van der Waals surface area contributed by atoms with E-state index in [1.165, 1.54) is 12.3 Å². The van der Waals surface area contributed by atoms with Crippen molar-refractivity contribution in [3.8, 4) is 17.0 Å². The number of rotatable bonds is 4. The van der Waals surface area contributed by atoms with Gasteiger partial charge in [0.15, 0.2) is 11.6 Å². The molecular formula is C21H25ClFN3O3. The Labute approximate surface area is 174 Å². The summed E-state index contributed by atoms with van der Waals surface area (Å²) in [4.78, 5) is 8.74. The minimum atomic E-state index is -0.646. The van der Waals surface area contributed by atoms with Gasteiger partial charge in [-0.3, -0.25) is 0 Å². The van der Waals surface area contributed by atoms with E-state index in [0.717, 1.165) is 5.56 Å². The first-order valence-electron chi connectivity index (χ1n) is 9.81. The molecule has 0 unspecified atom stereocenters. The molecule has 2 aliphatic rings. The summed E-state index contributed by atoms with van der Waals surface area (Å²) in [5.74, 6) is 0.482. The molecule has 1 aromatic carbocycles. The fraction of sp³-hybridized carbons (Fsp3) is 0.524. The van der Waals surface area contributed by atoms with E-state index in [0.29, 0.717) is 47.6 Å². The fourth-order valence-electron chi connectivity index (χ4n) is 3.77. The van der Waals surface area contributed by atoms with Crippen LogP contribution in [-0.4, -0.2) is 47.0 Å². The highest BCUT2D eigenvalue weighted by molar-refractivity contribution is 6.32. The number of aliphatic hydroxyl groups is 1. The van der Waals surface area contributed by atoms with E-state index in [1.54, 1.807) is 0 Å². The van der Waals surface area contributed by atoms with Crippen molar-refractivity contribution in [2.24, 2.45) is 5.92 Å². The third-order valence-corrected chi connectivity index (χ3v) is 6.38. The summed E-state index contributed by atoms with van der Waals surface area (Å²) in [6.07, 6.45) is 1.48. The quantitative estimate of drug-likeness (QED) is 0.781. The smallest absolute Gasteiger partial charge is 0.223 e. The second kappa shape index (κ2) is 7.70. The van der Waals surface area contributed by atoms with Crippen molar-refractivity contribution in [2.75, 3.05) is 25.1 Å². The SMILES string of the molecule is CC(C)[C@]1(C)COc2c(F)cc(-c3nc(N[C@@H]4CCOC[C@H]4O)ncc3Cl)cc21. The summed E-state index contributed by atoms with van der Waals surface area (Å²) in [5, 5.41) is 13.6. The monoisotopic (exact) mass is 421 g/mol. The molecule has 0 saturated carbocycles. The molecule has 0 radical (unpaired) electrons. The van der Waals surface area contributed by atoms with Crippen LogP contribution in [-0.2, 0) is 10.2 Å². The van der Waals surface area contributed by atoms with Crippen molar-refractivity contribution < 1.29 is 19.0 Å². The molecule has 29 heavy (non-hydrogen) atoms. The normalized spacial score (nSPS) is 26.3. The van der Waals surface area contributed by atoms with Gasteiger partial charge >= 0.3 is 0 Å². The van der Waals surface area contributed by atoms with Gasteiger partial charge in [0.1, 0.15) is 0 Å². The highest BCUT2D eigenvalue weighted by Crippen LogP contribution is 2.46. The number of hydrogen-bond acceptors (Lipinski definition) is 6. The molecule has 1 fully saturated rings. The number of hydrogen-bond donors (Lipinski definition) is 2. The summed E-state index contributed by atoms with van der Waals surface area (Å²) in [5.41, 5.74) is 1.54. The lowest BCUT2D eigenvalue weighted by atomic mass is 9.74. The number of aliphatic hydroxyl groups excluding tert-OH is 1. The van der Waals surface area contributed by atoms with Gasteiger partial charge < -0.3 is 19.9 Å². The van der Waals surface area contributed by atoms with Gasteiger partial charge in [0.05, 0.1) is 42.3 Å². The number of nitrogens with zero attached hydrogens (tertiary/aromatic N) is 2. The standard InChI is InChI=1S/C21H25ClFN3O3/c1-11(2)21(3)10-29-19-13(21)6-12(7-15(19)23)18-14(22)8-24-20(26-18)25-16-4-5-28-9-17(16)27/h6-8,11,16-17,27H,4-5,9-10H2,1-3H3,(H,24,25,26)/t16-,17-,21+/m1/s1. The number of aromatic nitrogens is 2. The van der Waals surface area contributed by atoms with E-state index in [4.69, 9.17) is 21.1 Å². The largest absolute Gasteiger partial charge is 0.489 e. The number of halogens is 2. The van der Waals surface area contributed by atoms with Gasteiger partial charge in [0, 0.05) is 23.1 Å². The van der Waals surface area contributed by atoms with Gasteiger partial charge in [0.25, 0.3) is 0 Å². The summed E-state index contributed by atoms with van der Waals surface area (Å²) >= 11 is 6.36. The lowest BCUT2D eigenvalue weighted by Gasteiger charge is -2.28. The van der Waals surface area contributed by atoms with Crippen LogP contribution >= 0.6 is 11.6 Å². The maximum absolute atomic E-state index is 14.8. The molecule has 0 amide bonds. The van der Waals surface area contributed by atoms with Gasteiger partial charge in [0.2, 0.25) is 5.95 Å². The van der Waals surface area contributed by atoms with Gasteiger partial charge in [-0.2, -0.15) is 0 Å². The van der Waals surface area contributed by atoms with Crippen LogP contribution in [0.25, 0.3) is 11.3 Å². The van der Waals surface area contributed by atoms with E-state index >= 15 is 0 Å². The Hall–Kier alpha value is -1.96. The fourth-order valence-corrected chi connectivity index (χ4v) is 3.97. The van der Waals surface area contributed by atoms with Gasteiger partial charge in [-0.25, -0.2) is 14.4 Å². The minimum Gasteiger partial charge on any atom is -0.489 e. The van der Waals surface area contributed by atoms with Crippen molar-refractivity contribution in [1.82, 2.24) is 9.97 Å². The third kappa shape index (κ3) is 3.67. The predicted molar refractivity (Wildman–Crippen MR) is 109 cm³/mol. The van der Waals surface area contributed by atoms with E-state index in [2.05, 4.69) is 36.1 Å². The molecule has 6 nitrogen and oxygen atoms in total. The van der Waals surface area contributed by atoms with Gasteiger partial charge in [-0.05, 0) is 24.5 Å². The van der Waals surface area contributed by atoms with Gasteiger partial charge in [-0.15, -0.1) is 0 Å². The first kappa shape index (κ1) is 20.3. The zero-order valence-corrected chi connectivity index (χ0v) is 17.5. The van der Waals surface area contributed by atoms with Crippen LogP contribution in [0.1, 0.15) is 32.8 Å². The molecule has 1 saturated heterocycles. The molecule has 3 atom stereocenters. The van der Waals surface area contributed by atoms with Crippen molar-refractivity contribution in [2.45, 2.75) is 44.8 Å². The Morgan fingerprint density at radius 3 is 2.90 bits per heavy atom. The number of ether oxygens (including phenoxy) is 2. The second-order valence-corrected chi connectivity index (χ2v) is 8.67. The molecule has 0 aliphatic carbocycles. The van der Waals surface area contributed by atoms with E-state index in [1.807, 2.05) is 6.07 Å². The zero-order chi connectivity index (χ0) is 20.8. The van der Waals surface area contributed by atoms with Crippen molar-refractivity contribution >= 4 is 17.5 Å². The van der Waals surface area contributed by atoms with E-state index in [-0.39, 0.29) is 24.0 Å². The van der Waals surface area contributed by atoms with E-state index in [9.17, 15) is 9.50 Å². The second-order valence-electron chi connectivity index (χ2n) is 8.27. The van der Waals surface area contributed by atoms with Crippen LogP contribution in [0, 0.1) is 11.7 Å². The highest BCUT2D eigenvalue weighted by atomic mass is 35.5. The maximum Gasteiger partial charge on any atom is 0.223 e. The topological polar surface area (TPSA) is 76.5 Å². The summed E-state index contributed by atoms with van der Waals surface area (Å²) < 4.78 is 25.7. The molecule has 0 bridgehead atoms. The molecule has 2 N–H and O–H groups in total. The lowest BCUT2D eigenvalue weighted by Crippen LogP contribution is -2.42.